The van der Waals surface area contributed by atoms with Crippen LogP contribution in [-0.2, 0) is 9.59 Å². The van der Waals surface area contributed by atoms with Crippen molar-refractivity contribution in [3.63, 3.8) is 0 Å². The maximum atomic E-state index is 14.8. The molecule has 2 aromatic carbocycles. The van der Waals surface area contributed by atoms with Crippen LogP contribution in [0.1, 0.15) is 49.3 Å². The molecule has 1 aliphatic carbocycles. The van der Waals surface area contributed by atoms with Crippen molar-refractivity contribution in [1.29, 1.82) is 0 Å². The summed E-state index contributed by atoms with van der Waals surface area (Å²) in [5.74, 6) is -0.602. The highest BCUT2D eigenvalue weighted by Gasteiger charge is 2.26. The van der Waals surface area contributed by atoms with E-state index in [0.29, 0.717) is 43.4 Å². The topological polar surface area (TPSA) is 90.1 Å². The summed E-state index contributed by atoms with van der Waals surface area (Å²) in [5, 5.41) is 12.6. The van der Waals surface area contributed by atoms with Crippen molar-refractivity contribution in [2.75, 3.05) is 30.3 Å². The van der Waals surface area contributed by atoms with Gasteiger partial charge in [-0.05, 0) is 55.0 Å². The maximum absolute atomic E-state index is 14.8. The number of amides is 2. The van der Waals surface area contributed by atoms with Crippen LogP contribution in [0.2, 0.25) is 0 Å². The van der Waals surface area contributed by atoms with Gasteiger partial charge in [0.05, 0.1) is 11.6 Å². The van der Waals surface area contributed by atoms with Gasteiger partial charge in [-0.2, -0.15) is 5.10 Å². The fraction of sp³-hybridized carbons (Fsp3) is 0.345. The molecule has 5 rings (SSSR count). The molecule has 3 N–H and O–H groups in total. The van der Waals surface area contributed by atoms with Crippen LogP contribution in [0.25, 0.3) is 11.1 Å². The molecule has 1 saturated carbocycles. The van der Waals surface area contributed by atoms with E-state index in [9.17, 15) is 18.4 Å². The molecule has 198 valence electrons. The zero-order chi connectivity index (χ0) is 26.6. The summed E-state index contributed by atoms with van der Waals surface area (Å²) >= 11 is 0. The van der Waals surface area contributed by atoms with Gasteiger partial charge in [0.1, 0.15) is 12.0 Å². The number of carbonyl (C=O) groups is 2. The minimum Gasteiger partial charge on any atom is -0.320 e. The second kappa shape index (κ2) is 11.3. The van der Waals surface area contributed by atoms with E-state index in [1.807, 2.05) is 42.2 Å². The lowest BCUT2D eigenvalue weighted by molar-refractivity contribution is -0.117. The van der Waals surface area contributed by atoms with Gasteiger partial charge in [-0.25, -0.2) is 8.78 Å². The van der Waals surface area contributed by atoms with Gasteiger partial charge in [0.2, 0.25) is 11.8 Å². The number of nitrogens with zero attached hydrogens (tertiary/aromatic N) is 2. The number of carbonyl (C=O) groups excluding carboxylic acids is 2. The molecule has 0 spiro atoms. The van der Waals surface area contributed by atoms with Crippen LogP contribution < -0.4 is 10.6 Å². The molecule has 1 aromatic heterocycles. The molecule has 0 radical (unpaired) electrons. The number of benzene rings is 2. The monoisotopic (exact) mass is 519 g/mol. The summed E-state index contributed by atoms with van der Waals surface area (Å²) in [6, 6.07) is 13.9. The molecule has 38 heavy (non-hydrogen) atoms. The Hall–Kier alpha value is -3.85. The summed E-state index contributed by atoms with van der Waals surface area (Å²) in [4.78, 5) is 27.0. The molecule has 9 heteroatoms. The number of aromatic nitrogens is 2. The van der Waals surface area contributed by atoms with Crippen molar-refractivity contribution in [2.24, 2.45) is 0 Å². The minimum absolute atomic E-state index is 0.0712. The Kier molecular flexibility index (Phi) is 7.64. The molecule has 3 aromatic rings. The lowest BCUT2D eigenvalue weighted by Crippen LogP contribution is -2.21. The fourth-order valence-corrected chi connectivity index (χ4v) is 4.61. The first-order chi connectivity index (χ1) is 18.4. The number of likely N-dealkylation sites (tertiary alicyclic amines) is 1. The van der Waals surface area contributed by atoms with Crippen molar-refractivity contribution in [3.05, 3.63) is 77.8 Å². The molecule has 1 aliphatic heterocycles. The first-order valence-electron chi connectivity index (χ1n) is 13.0. The summed E-state index contributed by atoms with van der Waals surface area (Å²) in [5.41, 5.74) is 3.29. The van der Waals surface area contributed by atoms with E-state index in [4.69, 9.17) is 0 Å². The van der Waals surface area contributed by atoms with Gasteiger partial charge >= 0.3 is 0 Å². The highest BCUT2D eigenvalue weighted by Crippen LogP contribution is 2.39. The second-order valence-electron chi connectivity index (χ2n) is 10.1. The largest absolute Gasteiger partial charge is 0.320 e. The van der Waals surface area contributed by atoms with Crippen molar-refractivity contribution >= 4 is 23.3 Å². The third-order valence-electron chi connectivity index (χ3n) is 7.05. The zero-order valence-corrected chi connectivity index (χ0v) is 21.2. The number of rotatable bonds is 9. The SMILES string of the molecule is CC(C(=O)Nc1cc(C2CC2)[nH]n1)c1cccc(-c2ccc(NC(=O)/C=C/CN3CCC(F)C3)c(F)c2)c1. The third-order valence-corrected chi connectivity index (χ3v) is 7.05. The number of anilines is 2. The van der Waals surface area contributed by atoms with Gasteiger partial charge < -0.3 is 10.6 Å². The predicted octanol–water partition coefficient (Wildman–Crippen LogP) is 5.37. The van der Waals surface area contributed by atoms with Crippen LogP contribution >= 0.6 is 0 Å². The summed E-state index contributed by atoms with van der Waals surface area (Å²) in [6.45, 7) is 3.33. The highest BCUT2D eigenvalue weighted by molar-refractivity contribution is 5.99. The van der Waals surface area contributed by atoms with Crippen LogP contribution in [0.15, 0.2) is 60.7 Å². The smallest absolute Gasteiger partial charge is 0.248 e. The minimum atomic E-state index is -0.812. The number of hydrogen-bond acceptors (Lipinski definition) is 4. The second-order valence-corrected chi connectivity index (χ2v) is 10.1. The number of halogens is 2. The predicted molar refractivity (Wildman–Crippen MR) is 143 cm³/mol. The molecular formula is C29H31F2N5O2. The Morgan fingerprint density at radius 2 is 1.95 bits per heavy atom. The Morgan fingerprint density at radius 3 is 2.68 bits per heavy atom. The first kappa shape index (κ1) is 25.8. The molecule has 2 amide bonds. The van der Waals surface area contributed by atoms with Crippen molar-refractivity contribution in [1.82, 2.24) is 15.1 Å². The molecule has 2 heterocycles. The van der Waals surface area contributed by atoms with Gasteiger partial charge in [0.25, 0.3) is 0 Å². The van der Waals surface area contributed by atoms with E-state index in [1.165, 1.54) is 18.2 Å². The summed E-state index contributed by atoms with van der Waals surface area (Å²) in [7, 11) is 0. The third kappa shape index (κ3) is 6.34. The van der Waals surface area contributed by atoms with E-state index >= 15 is 0 Å². The van der Waals surface area contributed by atoms with E-state index in [2.05, 4.69) is 20.8 Å². The normalized spacial score (nSPS) is 18.6. The molecule has 2 aliphatic rings. The van der Waals surface area contributed by atoms with E-state index < -0.39 is 23.8 Å². The van der Waals surface area contributed by atoms with Crippen molar-refractivity contribution < 1.29 is 18.4 Å². The summed E-state index contributed by atoms with van der Waals surface area (Å²) in [6.07, 6.45) is 4.98. The van der Waals surface area contributed by atoms with Gasteiger partial charge in [-0.3, -0.25) is 19.6 Å². The Labute approximate surface area is 220 Å². The number of nitrogens with one attached hydrogen (secondary N) is 3. The molecule has 0 bridgehead atoms. The van der Waals surface area contributed by atoms with Gasteiger partial charge in [0, 0.05) is 43.4 Å². The summed E-state index contributed by atoms with van der Waals surface area (Å²) < 4.78 is 28.1. The Morgan fingerprint density at radius 1 is 1.13 bits per heavy atom. The van der Waals surface area contributed by atoms with Crippen LogP contribution in [0.3, 0.4) is 0 Å². The van der Waals surface area contributed by atoms with E-state index in [0.717, 1.165) is 29.7 Å². The standard InChI is InChI=1S/C29H31F2N5O2/c1-18(29(38)33-27-16-26(34-35-27)19-7-8-19)20-4-2-5-21(14-20)22-9-10-25(24(31)15-22)32-28(37)6-3-12-36-13-11-23(30)17-36/h2-6,9-10,14-16,18-19,23H,7-8,11-13,17H2,1H3,(H,32,37)(H2,33,34,35,38)/b6-3+. The molecule has 2 atom stereocenters. The quantitative estimate of drug-likeness (QED) is 0.332. The maximum Gasteiger partial charge on any atom is 0.248 e. The molecular weight excluding hydrogens is 488 g/mol. The lowest BCUT2D eigenvalue weighted by Gasteiger charge is -2.13. The van der Waals surface area contributed by atoms with Crippen LogP contribution in [0.4, 0.5) is 20.3 Å². The van der Waals surface area contributed by atoms with Crippen LogP contribution in [-0.4, -0.2) is 52.7 Å². The number of aromatic amines is 1. The van der Waals surface area contributed by atoms with Gasteiger partial charge in [0.15, 0.2) is 5.82 Å². The Balaban J connectivity index is 1.20. The fourth-order valence-electron chi connectivity index (χ4n) is 4.61. The van der Waals surface area contributed by atoms with Gasteiger partial charge in [-0.15, -0.1) is 0 Å². The first-order valence-corrected chi connectivity index (χ1v) is 13.0. The van der Waals surface area contributed by atoms with E-state index in [-0.39, 0.29) is 11.6 Å². The molecule has 2 fully saturated rings. The van der Waals surface area contributed by atoms with Crippen LogP contribution in [0.5, 0.6) is 0 Å². The van der Waals surface area contributed by atoms with Crippen molar-refractivity contribution in [2.45, 2.75) is 44.2 Å². The molecule has 7 nitrogen and oxygen atoms in total. The van der Waals surface area contributed by atoms with Gasteiger partial charge in [-0.1, -0.05) is 36.4 Å². The molecule has 1 saturated heterocycles. The zero-order valence-electron chi connectivity index (χ0n) is 21.2. The average Bonchev–Trinajstić information content (AvgIpc) is 3.52. The number of hydrogen-bond donors (Lipinski definition) is 3. The Bertz CT molecular complexity index is 1350. The van der Waals surface area contributed by atoms with Crippen molar-refractivity contribution in [3.8, 4) is 11.1 Å². The lowest BCUT2D eigenvalue weighted by atomic mass is 9.95. The molecule has 2 unspecified atom stereocenters. The number of alkyl halides is 1. The average molecular weight is 520 g/mol. The highest BCUT2D eigenvalue weighted by atomic mass is 19.1. The van der Waals surface area contributed by atoms with Crippen LogP contribution in [0, 0.1) is 5.82 Å². The number of H-pyrrole nitrogens is 1. The van der Waals surface area contributed by atoms with E-state index in [1.54, 1.807) is 12.1 Å².